The van der Waals surface area contributed by atoms with Crippen LogP contribution in [0.5, 0.6) is 0 Å². The summed E-state index contributed by atoms with van der Waals surface area (Å²) in [6, 6.07) is 5.40. The van der Waals surface area contributed by atoms with Crippen molar-refractivity contribution in [2.45, 2.75) is 0 Å². The summed E-state index contributed by atoms with van der Waals surface area (Å²) in [6.07, 6.45) is 0. The lowest BCUT2D eigenvalue weighted by atomic mass is 10.2. The van der Waals surface area contributed by atoms with E-state index in [1.54, 1.807) is 17.6 Å². The molecule has 0 fully saturated rings. The third kappa shape index (κ3) is 1.59. The van der Waals surface area contributed by atoms with Crippen molar-refractivity contribution in [1.29, 1.82) is 0 Å². The minimum atomic E-state index is -0.143. The van der Waals surface area contributed by atoms with Gasteiger partial charge in [-0.1, -0.05) is 11.6 Å². The number of halogens is 1. The number of aromatic nitrogens is 1. The van der Waals surface area contributed by atoms with Crippen molar-refractivity contribution >= 4 is 46.0 Å². The number of benzene rings is 1. The van der Waals surface area contributed by atoms with Gasteiger partial charge in [-0.15, -0.1) is 11.3 Å². The van der Waals surface area contributed by atoms with E-state index in [1.165, 1.54) is 11.3 Å². The molecule has 0 atom stereocenters. The number of nitrogens with zero attached hydrogens (tertiary/aromatic N) is 2. The first kappa shape index (κ1) is 10.6. The fourth-order valence-corrected chi connectivity index (χ4v) is 2.71. The van der Waals surface area contributed by atoms with Crippen LogP contribution >= 0.6 is 22.9 Å². The largest absolute Gasteiger partial charge is 0.326 e. The molecule has 0 spiro atoms. The zero-order valence-electron chi connectivity index (χ0n) is 8.90. The van der Waals surface area contributed by atoms with Gasteiger partial charge in [0.1, 0.15) is 4.88 Å². The van der Waals surface area contributed by atoms with Crippen LogP contribution in [0.3, 0.4) is 0 Å². The predicted molar refractivity (Wildman–Crippen MR) is 69.6 cm³/mol. The maximum Gasteiger partial charge on any atom is 0.269 e. The molecule has 3 rings (SSSR count). The topological polar surface area (TPSA) is 45.2 Å². The van der Waals surface area contributed by atoms with E-state index < -0.39 is 0 Å². The molecule has 17 heavy (non-hydrogen) atoms. The summed E-state index contributed by atoms with van der Waals surface area (Å²) in [5, 5.41) is 3.43. The summed E-state index contributed by atoms with van der Waals surface area (Å²) in [5.41, 5.74) is 3.25. The minimum Gasteiger partial charge on any atom is -0.326 e. The number of fused-ring (bicyclic) bond motifs is 2. The Hall–Kier alpha value is -1.59. The average molecular weight is 266 g/mol. The Labute approximate surface area is 107 Å². The molecule has 0 radical (unpaired) electrons. The number of hydrogen-bond donors (Lipinski definition) is 1. The van der Waals surface area contributed by atoms with Crippen molar-refractivity contribution < 1.29 is 4.79 Å². The highest BCUT2D eigenvalue weighted by molar-refractivity contribution is 7.12. The molecule has 2 heterocycles. The molecule has 0 saturated heterocycles. The predicted octanol–water partition coefficient (Wildman–Crippen LogP) is 3.13. The molecule has 1 N–H and O–H groups in total. The molecule has 0 unspecified atom stereocenters. The van der Waals surface area contributed by atoms with Gasteiger partial charge in [0, 0.05) is 12.1 Å². The number of thiazole rings is 1. The van der Waals surface area contributed by atoms with E-state index in [0.29, 0.717) is 21.4 Å². The number of amides is 1. The first-order chi connectivity index (χ1) is 8.16. The summed E-state index contributed by atoms with van der Waals surface area (Å²) in [5.74, 6) is 0.531. The summed E-state index contributed by atoms with van der Waals surface area (Å²) in [6.45, 7) is 0. The number of rotatable bonds is 0. The van der Waals surface area contributed by atoms with Crippen LogP contribution in [0.2, 0.25) is 5.02 Å². The zero-order valence-corrected chi connectivity index (χ0v) is 10.5. The van der Waals surface area contributed by atoms with Gasteiger partial charge >= 0.3 is 0 Å². The van der Waals surface area contributed by atoms with Crippen molar-refractivity contribution in [3.63, 3.8) is 0 Å². The lowest BCUT2D eigenvalue weighted by molar-refractivity contribution is 0.103. The number of nitrogens with one attached hydrogen (secondary N) is 1. The van der Waals surface area contributed by atoms with Crippen LogP contribution in [0.4, 0.5) is 17.2 Å². The van der Waals surface area contributed by atoms with Gasteiger partial charge in [0.2, 0.25) is 0 Å². The summed E-state index contributed by atoms with van der Waals surface area (Å²) in [4.78, 5) is 18.7. The summed E-state index contributed by atoms with van der Waals surface area (Å²) >= 11 is 7.26. The van der Waals surface area contributed by atoms with E-state index in [9.17, 15) is 4.79 Å². The average Bonchev–Trinajstić information content (AvgIpc) is 2.74. The highest BCUT2D eigenvalue weighted by Crippen LogP contribution is 2.38. The van der Waals surface area contributed by atoms with Crippen molar-refractivity contribution in [2.75, 3.05) is 17.3 Å². The smallest absolute Gasteiger partial charge is 0.269 e. The van der Waals surface area contributed by atoms with Crippen molar-refractivity contribution in [2.24, 2.45) is 0 Å². The molecule has 86 valence electrons. The van der Waals surface area contributed by atoms with Gasteiger partial charge in [-0.05, 0) is 18.2 Å². The molecule has 4 nitrogen and oxygen atoms in total. The molecule has 1 amide bonds. The zero-order chi connectivity index (χ0) is 12.0. The van der Waals surface area contributed by atoms with Gasteiger partial charge in [-0.2, -0.15) is 0 Å². The normalized spacial score (nSPS) is 13.8. The molecule has 1 aliphatic heterocycles. The Balaban J connectivity index is 2.23. The number of hydrogen-bond acceptors (Lipinski definition) is 4. The van der Waals surface area contributed by atoms with Crippen LogP contribution in [0.1, 0.15) is 9.67 Å². The first-order valence-electron chi connectivity index (χ1n) is 4.95. The van der Waals surface area contributed by atoms with Crippen LogP contribution in [0.25, 0.3) is 0 Å². The van der Waals surface area contributed by atoms with E-state index >= 15 is 0 Å². The second kappa shape index (κ2) is 3.72. The fraction of sp³-hybridized carbons (Fsp3) is 0.0909. The highest BCUT2D eigenvalue weighted by Gasteiger charge is 2.25. The molecule has 2 aromatic rings. The van der Waals surface area contributed by atoms with Crippen LogP contribution in [-0.2, 0) is 0 Å². The van der Waals surface area contributed by atoms with Crippen LogP contribution in [-0.4, -0.2) is 17.9 Å². The molecule has 0 bridgehead atoms. The SMILES string of the molecule is CN1c2ccc(Cl)cc2NC(=O)c2scnc21. The minimum absolute atomic E-state index is 0.143. The van der Waals surface area contributed by atoms with Gasteiger partial charge in [0.25, 0.3) is 5.91 Å². The standard InChI is InChI=1S/C11H8ClN3OS/c1-15-8-3-2-6(12)4-7(8)14-11(16)9-10(15)13-5-17-9/h2-5H,1H3,(H,14,16). The van der Waals surface area contributed by atoms with Crippen molar-refractivity contribution in [3.8, 4) is 0 Å². The van der Waals surface area contributed by atoms with Crippen LogP contribution in [0.15, 0.2) is 23.7 Å². The Morgan fingerprint density at radius 3 is 3.12 bits per heavy atom. The Morgan fingerprint density at radius 1 is 1.47 bits per heavy atom. The van der Waals surface area contributed by atoms with Gasteiger partial charge in [0.15, 0.2) is 5.82 Å². The van der Waals surface area contributed by atoms with E-state index in [4.69, 9.17) is 11.6 Å². The fourth-order valence-electron chi connectivity index (χ4n) is 1.83. The first-order valence-corrected chi connectivity index (χ1v) is 6.20. The van der Waals surface area contributed by atoms with Crippen LogP contribution in [0, 0.1) is 0 Å². The van der Waals surface area contributed by atoms with Crippen molar-refractivity contribution in [3.05, 3.63) is 33.6 Å². The molecule has 6 heteroatoms. The Morgan fingerprint density at radius 2 is 2.29 bits per heavy atom. The van der Waals surface area contributed by atoms with Gasteiger partial charge in [0.05, 0.1) is 16.9 Å². The van der Waals surface area contributed by atoms with E-state index in [2.05, 4.69) is 10.3 Å². The summed E-state index contributed by atoms with van der Waals surface area (Å²) < 4.78 is 0. The van der Waals surface area contributed by atoms with E-state index in [1.807, 2.05) is 18.0 Å². The molecular formula is C11H8ClN3OS. The molecular weight excluding hydrogens is 258 g/mol. The number of carbonyl (C=O) groups excluding carboxylic acids is 1. The second-order valence-corrected chi connectivity index (χ2v) is 4.97. The maximum atomic E-state index is 12.0. The third-order valence-corrected chi connectivity index (χ3v) is 3.69. The lowest BCUT2D eigenvalue weighted by Gasteiger charge is -2.17. The maximum absolute atomic E-state index is 12.0. The van der Waals surface area contributed by atoms with E-state index in [-0.39, 0.29) is 5.91 Å². The third-order valence-electron chi connectivity index (χ3n) is 2.64. The summed E-state index contributed by atoms with van der Waals surface area (Å²) in [7, 11) is 1.88. The Bertz CT molecular complexity index is 611. The van der Waals surface area contributed by atoms with E-state index in [0.717, 1.165) is 5.69 Å². The van der Waals surface area contributed by atoms with Gasteiger partial charge in [-0.3, -0.25) is 4.79 Å². The second-order valence-electron chi connectivity index (χ2n) is 3.68. The quantitative estimate of drug-likeness (QED) is 0.796. The van der Waals surface area contributed by atoms with Gasteiger partial charge in [-0.25, -0.2) is 4.98 Å². The molecule has 1 aliphatic rings. The molecule has 0 aliphatic carbocycles. The molecule has 1 aromatic carbocycles. The number of carbonyl (C=O) groups is 1. The highest BCUT2D eigenvalue weighted by atomic mass is 35.5. The number of anilines is 3. The molecule has 0 saturated carbocycles. The van der Waals surface area contributed by atoms with Crippen molar-refractivity contribution in [1.82, 2.24) is 4.98 Å². The van der Waals surface area contributed by atoms with Crippen LogP contribution < -0.4 is 10.2 Å². The lowest BCUT2D eigenvalue weighted by Crippen LogP contribution is -2.10. The monoisotopic (exact) mass is 265 g/mol. The van der Waals surface area contributed by atoms with Gasteiger partial charge < -0.3 is 10.2 Å². The molecule has 1 aromatic heterocycles. The Kier molecular flexibility index (Phi) is 2.31.